The summed E-state index contributed by atoms with van der Waals surface area (Å²) in [6.45, 7) is 3.16. The Hall–Kier alpha value is -2.40. The third-order valence-electron chi connectivity index (χ3n) is 2.74. The van der Waals surface area contributed by atoms with Gasteiger partial charge in [-0.25, -0.2) is 13.2 Å². The largest absolute Gasteiger partial charge is 0.446 e. The molecule has 4 nitrogen and oxygen atoms in total. The molecule has 0 atom stereocenters. The van der Waals surface area contributed by atoms with Crippen molar-refractivity contribution in [2.45, 2.75) is 4.90 Å². The molecular weight excluding hydrogens is 288 g/mol. The molecule has 0 unspecified atom stereocenters. The molecule has 0 fully saturated rings. The molecule has 0 amide bonds. The van der Waals surface area contributed by atoms with E-state index in [0.29, 0.717) is 0 Å². The highest BCUT2D eigenvalue weighted by Crippen LogP contribution is 2.32. The van der Waals surface area contributed by atoms with Gasteiger partial charge in [0.15, 0.2) is 5.94 Å². The topological polar surface area (TPSA) is 60.4 Å². The van der Waals surface area contributed by atoms with Crippen molar-refractivity contribution in [2.24, 2.45) is 0 Å². The summed E-state index contributed by atoms with van der Waals surface area (Å²) < 4.78 is 27.5. The lowest BCUT2D eigenvalue weighted by molar-refractivity contribution is -0.135. The van der Waals surface area contributed by atoms with Gasteiger partial charge < -0.3 is 4.74 Å². The van der Waals surface area contributed by atoms with E-state index in [-0.39, 0.29) is 4.90 Å². The fourth-order valence-electron chi connectivity index (χ4n) is 1.57. The van der Waals surface area contributed by atoms with Crippen LogP contribution < -0.4 is 0 Å². The Morgan fingerprint density at radius 3 is 2.10 bits per heavy atom. The summed E-state index contributed by atoms with van der Waals surface area (Å²) in [6, 6.07) is 16.3. The van der Waals surface area contributed by atoms with Gasteiger partial charge >= 0.3 is 5.97 Å². The maximum Gasteiger partial charge on any atom is 0.331 e. The highest BCUT2D eigenvalue weighted by atomic mass is 32.2. The van der Waals surface area contributed by atoms with E-state index in [2.05, 4.69) is 35.6 Å². The fourth-order valence-corrected chi connectivity index (χ4v) is 2.55. The average molecular weight is 302 g/mol. The minimum Gasteiger partial charge on any atom is -0.446 e. The van der Waals surface area contributed by atoms with E-state index in [1.165, 1.54) is 23.3 Å². The summed E-state index contributed by atoms with van der Waals surface area (Å²) >= 11 is 0. The molecule has 1 aromatic carbocycles. The van der Waals surface area contributed by atoms with Crippen LogP contribution in [0.15, 0.2) is 72.1 Å². The third kappa shape index (κ3) is 4.29. The van der Waals surface area contributed by atoms with Crippen LogP contribution in [0, 0.1) is 0 Å². The van der Waals surface area contributed by atoms with Crippen LogP contribution in [-0.2, 0) is 19.4 Å². The van der Waals surface area contributed by atoms with Gasteiger partial charge in [0.1, 0.15) is 0 Å². The minimum atomic E-state index is -3.56. The van der Waals surface area contributed by atoms with E-state index >= 15 is 0 Å². The molecule has 1 aromatic rings. The van der Waals surface area contributed by atoms with Crippen molar-refractivity contribution in [3.05, 3.63) is 67.3 Å². The van der Waals surface area contributed by atoms with Crippen molar-refractivity contribution >= 4 is 15.8 Å². The smallest absolute Gasteiger partial charge is 0.331 e. The molecule has 0 heterocycles. The predicted molar refractivity (Wildman–Crippen MR) is 80.2 cm³/mol. The van der Waals surface area contributed by atoms with E-state index in [0.717, 1.165) is 6.08 Å². The number of carbonyl (C=O) groups is 1. The van der Waals surface area contributed by atoms with Gasteiger partial charge in [-0.3, -0.25) is 0 Å². The van der Waals surface area contributed by atoms with Crippen LogP contribution in [0.1, 0.15) is 0 Å². The summed E-state index contributed by atoms with van der Waals surface area (Å²) in [5, 5.41) is 0. The molecular formula is C16H14O4S. The summed E-state index contributed by atoms with van der Waals surface area (Å²) in [4.78, 5) is 10.8. The quantitative estimate of drug-likeness (QED) is 0.549. The van der Waals surface area contributed by atoms with Crippen molar-refractivity contribution in [3.8, 4) is 11.1 Å². The molecule has 0 bridgehead atoms. The van der Waals surface area contributed by atoms with Gasteiger partial charge in [0.25, 0.3) is 0 Å². The number of ether oxygens (including phenoxy) is 1. The van der Waals surface area contributed by atoms with Crippen LogP contribution in [-0.4, -0.2) is 20.3 Å². The van der Waals surface area contributed by atoms with Gasteiger partial charge in [0.05, 0.1) is 4.90 Å². The molecule has 0 N–H and O–H groups in total. The van der Waals surface area contributed by atoms with Crippen molar-refractivity contribution in [1.29, 1.82) is 0 Å². The van der Waals surface area contributed by atoms with E-state index < -0.39 is 21.7 Å². The van der Waals surface area contributed by atoms with E-state index in [4.69, 9.17) is 0 Å². The lowest BCUT2D eigenvalue weighted by atomic mass is 10.4. The lowest BCUT2D eigenvalue weighted by Gasteiger charge is -2.03. The molecule has 3 rings (SSSR count). The van der Waals surface area contributed by atoms with Gasteiger partial charge in [0.2, 0.25) is 9.84 Å². The van der Waals surface area contributed by atoms with Crippen LogP contribution in [0.4, 0.5) is 0 Å². The Kier molecular flexibility index (Phi) is 4.55. The van der Waals surface area contributed by atoms with Crippen molar-refractivity contribution < 1.29 is 17.9 Å². The van der Waals surface area contributed by atoms with Crippen molar-refractivity contribution in [1.82, 2.24) is 0 Å². The molecule has 0 spiro atoms. The molecule has 0 aliphatic heterocycles. The third-order valence-corrected chi connectivity index (χ3v) is 4.16. The number of hydrogen-bond acceptors (Lipinski definition) is 4. The van der Waals surface area contributed by atoms with Gasteiger partial charge in [-0.1, -0.05) is 43.0 Å². The minimum absolute atomic E-state index is 0.127. The fraction of sp³-hybridized carbons (Fsp3) is 0.0625. The zero-order valence-electron chi connectivity index (χ0n) is 11.2. The highest BCUT2D eigenvalue weighted by molar-refractivity contribution is 7.91. The Labute approximate surface area is 123 Å². The monoisotopic (exact) mass is 302 g/mol. The molecule has 5 heteroatoms. The maximum atomic E-state index is 11.5. The summed E-state index contributed by atoms with van der Waals surface area (Å²) in [6.07, 6.45) is 0.917. The number of carbonyl (C=O) groups excluding carboxylic acids is 1. The summed E-state index contributed by atoms with van der Waals surface area (Å²) in [5.41, 5.74) is 2.85. The first kappa shape index (κ1) is 15.0. The van der Waals surface area contributed by atoms with Gasteiger partial charge in [-0.15, -0.1) is 0 Å². The molecule has 21 heavy (non-hydrogen) atoms. The number of benzene rings is 2. The first-order valence-electron chi connectivity index (χ1n) is 6.20. The van der Waals surface area contributed by atoms with E-state index in [9.17, 15) is 13.2 Å². The van der Waals surface area contributed by atoms with Gasteiger partial charge in [0, 0.05) is 6.08 Å². The Bertz CT molecular complexity index is 732. The van der Waals surface area contributed by atoms with Crippen molar-refractivity contribution in [2.75, 3.05) is 5.94 Å². The SMILES string of the molecule is C=CC(=O)OCS(=O)(=O)c1ccccc1.c1cc2cc-2c1. The van der Waals surface area contributed by atoms with E-state index in [1.807, 2.05) is 0 Å². The van der Waals surface area contributed by atoms with Gasteiger partial charge in [-0.2, -0.15) is 0 Å². The number of fused-ring (bicyclic) bond motifs is 1. The molecule has 0 saturated heterocycles. The molecule has 2 aliphatic carbocycles. The van der Waals surface area contributed by atoms with Crippen LogP contribution in [0.5, 0.6) is 0 Å². The van der Waals surface area contributed by atoms with Crippen LogP contribution >= 0.6 is 0 Å². The first-order valence-corrected chi connectivity index (χ1v) is 7.85. The van der Waals surface area contributed by atoms with Crippen LogP contribution in [0.3, 0.4) is 0 Å². The zero-order chi connectivity index (χ0) is 15.3. The lowest BCUT2D eigenvalue weighted by Crippen LogP contribution is -2.12. The average Bonchev–Trinajstić information content (AvgIpc) is 3.12. The standard InChI is InChI=1S/C10H10O4S.C6H4/c1-2-10(11)14-8-15(12,13)9-6-4-3-5-7-9;1-2-5-4-6(5)3-1/h2-7H,1,8H2;1-4H. The second-order valence-electron chi connectivity index (χ2n) is 4.29. The number of sulfone groups is 1. The number of hydrogen-bond donors (Lipinski definition) is 0. The van der Waals surface area contributed by atoms with Crippen molar-refractivity contribution in [3.63, 3.8) is 0 Å². The maximum absolute atomic E-state index is 11.5. The molecule has 108 valence electrons. The zero-order valence-corrected chi connectivity index (χ0v) is 12.0. The molecule has 0 radical (unpaired) electrons. The highest BCUT2D eigenvalue weighted by Gasteiger charge is 2.15. The molecule has 0 aromatic heterocycles. The van der Waals surface area contributed by atoms with Crippen LogP contribution in [0.25, 0.3) is 11.1 Å². The Morgan fingerprint density at radius 1 is 1.05 bits per heavy atom. The molecule has 2 aliphatic rings. The summed E-state index contributed by atoms with van der Waals surface area (Å²) in [5.74, 6) is -1.42. The van der Waals surface area contributed by atoms with E-state index in [1.54, 1.807) is 18.2 Å². The Balaban J connectivity index is 0.000000218. The summed E-state index contributed by atoms with van der Waals surface area (Å²) in [7, 11) is -3.56. The Morgan fingerprint density at radius 2 is 1.67 bits per heavy atom. The number of rotatable bonds is 4. The predicted octanol–water partition coefficient (Wildman–Crippen LogP) is 2.81. The van der Waals surface area contributed by atoms with Crippen LogP contribution in [0.2, 0.25) is 0 Å². The second-order valence-corrected chi connectivity index (χ2v) is 6.23. The van der Waals surface area contributed by atoms with Gasteiger partial charge in [-0.05, 0) is 29.3 Å². The second kappa shape index (κ2) is 6.37. The number of esters is 1. The molecule has 0 saturated carbocycles. The first-order chi connectivity index (χ1) is 10.0. The normalized spacial score (nSPS) is 10.9.